The first-order valence-corrected chi connectivity index (χ1v) is 25.9. The molecule has 6 aromatic rings. The summed E-state index contributed by atoms with van der Waals surface area (Å²) in [6, 6.07) is 27.5. The summed E-state index contributed by atoms with van der Waals surface area (Å²) in [5, 5.41) is 60.1. The van der Waals surface area contributed by atoms with Gasteiger partial charge in [0.15, 0.2) is 0 Å². The first-order chi connectivity index (χ1) is 31.4. The summed E-state index contributed by atoms with van der Waals surface area (Å²) in [5.74, 6) is -6.93. The number of carbonyl (C=O) groups is 6. The SMILES string of the molecule is O=C(O)c1cc(F)cc(I)c1.O=C(O)c1cc(I)c(I)c(I)c1.O=C(O)c1cc(I)cc(C(F)(F)F)c1.O=C(O)c1cc(I)cc(I)c1.O=C(O)c1cccc(I)c1.O=C(O)c1ccccc1O. The number of hydrogen-bond acceptors (Lipinski definition) is 7. The summed E-state index contributed by atoms with van der Waals surface area (Å²) in [6.45, 7) is 0. The molecule has 0 radical (unpaired) electrons. The van der Waals surface area contributed by atoms with Crippen LogP contribution in [0.5, 0.6) is 5.75 Å². The lowest BCUT2D eigenvalue weighted by Gasteiger charge is -2.07. The smallest absolute Gasteiger partial charge is 0.416 e. The van der Waals surface area contributed by atoms with E-state index in [-0.39, 0.29) is 26.0 Å². The zero-order valence-electron chi connectivity index (χ0n) is 33.1. The van der Waals surface area contributed by atoms with Crippen molar-refractivity contribution in [3.8, 4) is 5.75 Å². The second kappa shape index (κ2) is 31.1. The van der Waals surface area contributed by atoms with Crippen molar-refractivity contribution in [2.24, 2.45) is 0 Å². The lowest BCUT2D eigenvalue weighted by Crippen LogP contribution is -2.08. The third kappa shape index (κ3) is 24.6. The Hall–Kier alpha value is -2.50. The van der Waals surface area contributed by atoms with Crippen molar-refractivity contribution in [2.75, 3.05) is 0 Å². The Balaban J connectivity index is 0.000000409. The van der Waals surface area contributed by atoms with Gasteiger partial charge in [0, 0.05) is 28.6 Å². The van der Waals surface area contributed by atoms with Crippen LogP contribution in [-0.4, -0.2) is 71.6 Å². The second-order valence-corrected chi connectivity index (χ2v) is 21.8. The molecule has 0 amide bonds. The largest absolute Gasteiger partial charge is 0.507 e. The molecule has 6 aromatic carbocycles. The van der Waals surface area contributed by atoms with Gasteiger partial charge >= 0.3 is 42.0 Å². The number of rotatable bonds is 6. The van der Waals surface area contributed by atoms with E-state index in [9.17, 15) is 46.3 Å². The number of para-hydroxylation sites is 1. The van der Waals surface area contributed by atoms with E-state index in [4.69, 9.17) is 35.7 Å². The summed E-state index contributed by atoms with van der Waals surface area (Å²) in [4.78, 5) is 62.5. The van der Waals surface area contributed by atoms with Crippen LogP contribution in [0, 0.1) is 34.4 Å². The van der Waals surface area contributed by atoms with Crippen molar-refractivity contribution in [3.05, 3.63) is 189 Å². The summed E-state index contributed by atoms with van der Waals surface area (Å²) < 4.78 is 55.9. The average Bonchev–Trinajstić information content (AvgIpc) is 3.22. The normalized spacial score (nSPS) is 9.94. The highest BCUT2D eigenvalue weighted by Crippen LogP contribution is 2.31. The average molecular weight is 1840 g/mol. The van der Waals surface area contributed by atoms with Gasteiger partial charge in [-0.25, -0.2) is 33.2 Å². The van der Waals surface area contributed by atoms with E-state index in [1.54, 1.807) is 77.2 Å². The van der Waals surface area contributed by atoms with Gasteiger partial charge in [0.1, 0.15) is 17.1 Å². The molecule has 0 aliphatic rings. The fraction of sp³-hybridized carbons (Fsp3) is 0.0233. The van der Waals surface area contributed by atoms with E-state index in [1.807, 2.05) is 34.7 Å². The molecule has 0 unspecified atom stereocenters. The van der Waals surface area contributed by atoms with E-state index in [1.165, 1.54) is 30.3 Å². The molecule has 0 aliphatic heterocycles. The molecule has 0 bridgehead atoms. The number of phenols is 1. The minimum atomic E-state index is -4.51. The van der Waals surface area contributed by atoms with Crippen molar-refractivity contribution >= 4 is 217 Å². The predicted molar refractivity (Wildman–Crippen MR) is 309 cm³/mol. The molecule has 13 nitrogen and oxygen atoms in total. The maximum Gasteiger partial charge on any atom is 0.416 e. The molecule has 360 valence electrons. The monoisotopic (exact) mass is 1840 g/mol. The fourth-order valence-corrected chi connectivity index (χ4v) is 10.1. The van der Waals surface area contributed by atoms with Gasteiger partial charge < -0.3 is 35.7 Å². The van der Waals surface area contributed by atoms with Gasteiger partial charge in [0.05, 0.1) is 33.4 Å². The Morgan fingerprint density at radius 2 is 0.779 bits per heavy atom. The van der Waals surface area contributed by atoms with E-state index in [2.05, 4.69) is 136 Å². The van der Waals surface area contributed by atoms with Gasteiger partial charge in [0.2, 0.25) is 0 Å². The number of alkyl halides is 3. The summed E-state index contributed by atoms with van der Waals surface area (Å²) in [6.07, 6.45) is -4.51. The first kappa shape index (κ1) is 63.5. The molecule has 0 heterocycles. The Labute approximate surface area is 492 Å². The van der Waals surface area contributed by atoms with Crippen LogP contribution in [0.3, 0.4) is 0 Å². The molecule has 0 saturated heterocycles. The van der Waals surface area contributed by atoms with Crippen LogP contribution in [0.1, 0.15) is 67.7 Å². The predicted octanol–water partition coefficient (Wildman–Crippen LogP) is 14.0. The molecule has 7 N–H and O–H groups in total. The van der Waals surface area contributed by atoms with Crippen molar-refractivity contribution in [1.29, 1.82) is 0 Å². The van der Waals surface area contributed by atoms with E-state index in [0.29, 0.717) is 26.3 Å². The van der Waals surface area contributed by atoms with Gasteiger partial charge in [-0.3, -0.25) is 0 Å². The minimum Gasteiger partial charge on any atom is -0.507 e. The van der Waals surface area contributed by atoms with Crippen LogP contribution in [0.25, 0.3) is 0 Å². The van der Waals surface area contributed by atoms with E-state index in [0.717, 1.165) is 33.6 Å². The molecule has 6 rings (SSSR count). The van der Waals surface area contributed by atoms with Gasteiger partial charge in [0.25, 0.3) is 0 Å². The van der Waals surface area contributed by atoms with Crippen molar-refractivity contribution in [3.63, 3.8) is 0 Å². The molecule has 0 atom stereocenters. The number of aromatic carboxylic acids is 6. The van der Waals surface area contributed by atoms with Crippen molar-refractivity contribution in [1.82, 2.24) is 0 Å². The molecular formula is C43H26F4I8O13. The minimum absolute atomic E-state index is 0.0191. The fourth-order valence-electron chi connectivity index (χ4n) is 4.19. The number of benzene rings is 6. The zero-order chi connectivity index (χ0) is 52.2. The Morgan fingerprint density at radius 1 is 0.397 bits per heavy atom. The zero-order valence-corrected chi connectivity index (χ0v) is 50.3. The summed E-state index contributed by atoms with van der Waals surface area (Å²) >= 11 is 16.2. The summed E-state index contributed by atoms with van der Waals surface area (Å²) in [5.41, 5.74) is -0.347. The number of carboxylic acids is 6. The Morgan fingerprint density at radius 3 is 1.15 bits per heavy atom. The molecule has 68 heavy (non-hydrogen) atoms. The Bertz CT molecular complexity index is 2670. The highest BCUT2D eigenvalue weighted by Gasteiger charge is 2.31. The van der Waals surface area contributed by atoms with Crippen LogP contribution in [0.15, 0.2) is 115 Å². The topological polar surface area (TPSA) is 244 Å². The lowest BCUT2D eigenvalue weighted by atomic mass is 10.1. The molecule has 0 aliphatic carbocycles. The number of carboxylic acid groups (broad SMARTS) is 6. The van der Waals surface area contributed by atoms with Crippen LogP contribution in [0.4, 0.5) is 17.6 Å². The van der Waals surface area contributed by atoms with Crippen molar-refractivity contribution in [2.45, 2.75) is 6.18 Å². The second-order valence-electron chi connectivity index (χ2n) is 12.2. The quantitative estimate of drug-likeness (QED) is 0.0467. The van der Waals surface area contributed by atoms with Gasteiger partial charge in [-0.05, 0) is 278 Å². The molecule has 25 heteroatoms. The summed E-state index contributed by atoms with van der Waals surface area (Å²) in [7, 11) is 0. The Kier molecular flexibility index (Phi) is 29.0. The van der Waals surface area contributed by atoms with Crippen LogP contribution >= 0.6 is 181 Å². The highest BCUT2D eigenvalue weighted by molar-refractivity contribution is 14.1. The maximum absolute atomic E-state index is 12.5. The lowest BCUT2D eigenvalue weighted by molar-refractivity contribution is -0.137. The van der Waals surface area contributed by atoms with Crippen molar-refractivity contribution < 1.29 is 82.1 Å². The highest BCUT2D eigenvalue weighted by atomic mass is 127. The maximum atomic E-state index is 12.5. The third-order valence-corrected chi connectivity index (χ3v) is 15.2. The van der Waals surface area contributed by atoms with Gasteiger partial charge in [-0.15, -0.1) is 0 Å². The van der Waals surface area contributed by atoms with Gasteiger partial charge in [-0.2, -0.15) is 13.2 Å². The van der Waals surface area contributed by atoms with Gasteiger partial charge in [-0.1, -0.05) is 18.2 Å². The van der Waals surface area contributed by atoms with E-state index < -0.39 is 53.4 Å². The van der Waals surface area contributed by atoms with Crippen LogP contribution < -0.4 is 0 Å². The molecular weight excluding hydrogens is 1820 g/mol. The third-order valence-electron chi connectivity index (χ3n) is 7.13. The molecule has 0 aromatic heterocycles. The standard InChI is InChI=1S/C8H4F3IO2.C7H4FIO2.C7H3I3O2.C7H4I2O2.C7H5IO2.C7H6O3/c9-8(10,11)5-1-4(7(13)14)2-6(12)3-5;8-5-1-4(7(10)11)2-6(9)3-5;8-4-1-3(7(11)12)2-5(9)6(4)10;8-5-1-4(7(10)11)2-6(9)3-5;8-6-3-1-2-5(4-6)7(9)10;8-6-4-2-1-3-5(6)7(9)10/h1-3H,(H,13,14);1-3H,(H,10,11);1-2H,(H,11,12);1-3H,(H,10,11);1-4H,(H,9,10);1-4,8H,(H,9,10). The van der Waals surface area contributed by atoms with Crippen LogP contribution in [0.2, 0.25) is 0 Å². The number of halogens is 12. The number of aromatic hydroxyl groups is 1. The first-order valence-electron chi connectivity index (χ1n) is 17.3. The van der Waals surface area contributed by atoms with Crippen LogP contribution in [-0.2, 0) is 6.18 Å². The molecule has 0 fully saturated rings. The van der Waals surface area contributed by atoms with E-state index >= 15 is 0 Å². The molecule has 0 saturated carbocycles. The molecule has 0 spiro atoms. The number of hydrogen-bond donors (Lipinski definition) is 7.